The van der Waals surface area contributed by atoms with Gasteiger partial charge in [-0.3, -0.25) is 4.79 Å². The van der Waals surface area contributed by atoms with Crippen molar-refractivity contribution >= 4 is 40.6 Å². The Balaban J connectivity index is 1.65. The van der Waals surface area contributed by atoms with Crippen LogP contribution in [0.1, 0.15) is 35.9 Å². The molecule has 0 bridgehead atoms. The Kier molecular flexibility index (Phi) is 5.91. The summed E-state index contributed by atoms with van der Waals surface area (Å²) in [4.78, 5) is 28.8. The summed E-state index contributed by atoms with van der Waals surface area (Å²) in [5.74, 6) is 0.0426. The van der Waals surface area contributed by atoms with Gasteiger partial charge in [0.05, 0.1) is 29.0 Å². The standard InChI is InChI=1S/C19H18N2O4S/c1-2-3-10-25-18(23)13-6-8-14(9-7-13)20-19-21-17(22)16(26-19)12-15-5-4-11-24-15/h4-9,11-12H,2-3,10H2,1H3,(H,20,21,22)/b16-12-. The second-order valence-corrected chi connectivity index (χ2v) is 6.56. The molecule has 1 aliphatic rings. The number of thioether (sulfide) groups is 1. The normalized spacial score (nSPS) is 16.9. The van der Waals surface area contributed by atoms with Crippen molar-refractivity contribution in [3.63, 3.8) is 0 Å². The molecule has 0 unspecified atom stereocenters. The number of amidine groups is 1. The number of rotatable bonds is 6. The first-order valence-corrected chi connectivity index (χ1v) is 9.07. The summed E-state index contributed by atoms with van der Waals surface area (Å²) in [5.41, 5.74) is 1.11. The largest absolute Gasteiger partial charge is 0.465 e. The summed E-state index contributed by atoms with van der Waals surface area (Å²) in [6.45, 7) is 2.46. The molecule has 1 aliphatic heterocycles. The van der Waals surface area contributed by atoms with E-state index >= 15 is 0 Å². The van der Waals surface area contributed by atoms with E-state index < -0.39 is 0 Å². The zero-order valence-corrected chi connectivity index (χ0v) is 15.0. The highest BCUT2D eigenvalue weighted by molar-refractivity contribution is 8.18. The number of hydrogen-bond acceptors (Lipinski definition) is 6. The summed E-state index contributed by atoms with van der Waals surface area (Å²) in [7, 11) is 0. The highest BCUT2D eigenvalue weighted by Crippen LogP contribution is 2.28. The molecule has 0 aliphatic carbocycles. The van der Waals surface area contributed by atoms with Crippen molar-refractivity contribution in [1.29, 1.82) is 0 Å². The fourth-order valence-corrected chi connectivity index (χ4v) is 2.99. The Hall–Kier alpha value is -2.80. The average molecular weight is 370 g/mol. The molecule has 6 nitrogen and oxygen atoms in total. The number of ether oxygens (including phenoxy) is 1. The van der Waals surface area contributed by atoms with Gasteiger partial charge in [0, 0.05) is 6.08 Å². The Bertz CT molecular complexity index is 839. The van der Waals surface area contributed by atoms with E-state index in [0.29, 0.717) is 33.7 Å². The van der Waals surface area contributed by atoms with Crippen molar-refractivity contribution in [3.05, 3.63) is 58.9 Å². The highest BCUT2D eigenvalue weighted by atomic mass is 32.2. The molecule has 1 aromatic heterocycles. The molecular formula is C19H18N2O4S. The van der Waals surface area contributed by atoms with Gasteiger partial charge in [0.1, 0.15) is 5.76 Å². The Morgan fingerprint density at radius 2 is 2.12 bits per heavy atom. The number of amides is 1. The summed E-state index contributed by atoms with van der Waals surface area (Å²) in [6.07, 6.45) is 5.04. The van der Waals surface area contributed by atoms with E-state index in [1.807, 2.05) is 6.92 Å². The monoisotopic (exact) mass is 370 g/mol. The van der Waals surface area contributed by atoms with E-state index in [0.717, 1.165) is 12.8 Å². The lowest BCUT2D eigenvalue weighted by Crippen LogP contribution is -2.19. The number of furan rings is 1. The maximum atomic E-state index is 12.0. The number of carbonyl (C=O) groups excluding carboxylic acids is 2. The van der Waals surface area contributed by atoms with Crippen LogP contribution in [-0.4, -0.2) is 23.7 Å². The van der Waals surface area contributed by atoms with Gasteiger partial charge in [-0.2, -0.15) is 0 Å². The van der Waals surface area contributed by atoms with E-state index in [1.54, 1.807) is 48.7 Å². The smallest absolute Gasteiger partial charge is 0.338 e. The van der Waals surface area contributed by atoms with Crippen LogP contribution in [0.25, 0.3) is 6.08 Å². The number of carbonyl (C=O) groups is 2. The quantitative estimate of drug-likeness (QED) is 0.470. The van der Waals surface area contributed by atoms with E-state index in [-0.39, 0.29) is 11.9 Å². The number of nitrogens with one attached hydrogen (secondary N) is 1. The van der Waals surface area contributed by atoms with Gasteiger partial charge in [-0.1, -0.05) is 13.3 Å². The van der Waals surface area contributed by atoms with E-state index in [1.165, 1.54) is 11.8 Å². The molecule has 0 atom stereocenters. The van der Waals surface area contributed by atoms with E-state index in [2.05, 4.69) is 10.3 Å². The summed E-state index contributed by atoms with van der Waals surface area (Å²) < 4.78 is 10.4. The Morgan fingerprint density at radius 3 is 2.81 bits per heavy atom. The van der Waals surface area contributed by atoms with Crippen LogP contribution < -0.4 is 5.32 Å². The molecule has 1 N–H and O–H groups in total. The highest BCUT2D eigenvalue weighted by Gasteiger charge is 2.24. The molecular weight excluding hydrogens is 352 g/mol. The van der Waals surface area contributed by atoms with Gasteiger partial charge in [0.25, 0.3) is 5.91 Å². The van der Waals surface area contributed by atoms with Crippen molar-refractivity contribution in [2.75, 3.05) is 6.61 Å². The molecule has 1 aromatic carbocycles. The van der Waals surface area contributed by atoms with Crippen LogP contribution in [0, 0.1) is 0 Å². The number of benzene rings is 1. The summed E-state index contributed by atoms with van der Waals surface area (Å²) >= 11 is 1.23. The zero-order valence-electron chi connectivity index (χ0n) is 14.2. The van der Waals surface area contributed by atoms with Gasteiger partial charge >= 0.3 is 5.97 Å². The minimum absolute atomic E-state index is 0.221. The van der Waals surface area contributed by atoms with Gasteiger partial charge in [-0.15, -0.1) is 0 Å². The lowest BCUT2D eigenvalue weighted by molar-refractivity contribution is -0.115. The van der Waals surface area contributed by atoms with E-state index in [9.17, 15) is 9.59 Å². The third-order valence-electron chi connectivity index (χ3n) is 3.53. The molecule has 2 heterocycles. The van der Waals surface area contributed by atoms with Gasteiger partial charge in [0.15, 0.2) is 5.17 Å². The molecule has 1 saturated heterocycles. The molecule has 7 heteroatoms. The number of nitrogens with zero attached hydrogens (tertiary/aromatic N) is 1. The minimum Gasteiger partial charge on any atom is -0.465 e. The molecule has 2 aromatic rings. The first kappa shape index (κ1) is 18.0. The zero-order chi connectivity index (χ0) is 18.4. The van der Waals surface area contributed by atoms with Crippen molar-refractivity contribution < 1.29 is 18.7 Å². The van der Waals surface area contributed by atoms with Crippen molar-refractivity contribution in [2.24, 2.45) is 4.99 Å². The van der Waals surface area contributed by atoms with Gasteiger partial charge in [0.2, 0.25) is 0 Å². The predicted octanol–water partition coefficient (Wildman–Crippen LogP) is 4.13. The summed E-state index contributed by atoms with van der Waals surface area (Å²) in [5, 5.41) is 3.19. The SMILES string of the molecule is CCCCOC(=O)c1ccc(N=C2NC(=O)/C(=C/c3ccco3)S2)cc1. The molecule has 1 amide bonds. The molecule has 0 spiro atoms. The summed E-state index contributed by atoms with van der Waals surface area (Å²) in [6, 6.07) is 10.3. The molecule has 26 heavy (non-hydrogen) atoms. The van der Waals surface area contributed by atoms with Gasteiger partial charge in [-0.25, -0.2) is 9.79 Å². The lowest BCUT2D eigenvalue weighted by Gasteiger charge is -2.04. The fraction of sp³-hybridized carbons (Fsp3) is 0.211. The van der Waals surface area contributed by atoms with Crippen LogP contribution in [0.5, 0.6) is 0 Å². The average Bonchev–Trinajstić information content (AvgIpc) is 3.26. The second kappa shape index (κ2) is 8.53. The van der Waals surface area contributed by atoms with Crippen molar-refractivity contribution in [3.8, 4) is 0 Å². The first-order valence-electron chi connectivity index (χ1n) is 8.26. The first-order chi connectivity index (χ1) is 12.7. The Morgan fingerprint density at radius 1 is 1.31 bits per heavy atom. The van der Waals surface area contributed by atoms with Gasteiger partial charge < -0.3 is 14.5 Å². The fourth-order valence-electron chi connectivity index (χ4n) is 2.16. The van der Waals surface area contributed by atoms with Crippen LogP contribution in [0.3, 0.4) is 0 Å². The second-order valence-electron chi connectivity index (χ2n) is 5.53. The number of unbranched alkanes of at least 4 members (excludes halogenated alkanes) is 1. The molecule has 3 rings (SSSR count). The van der Waals surface area contributed by atoms with Gasteiger partial charge in [-0.05, 0) is 54.6 Å². The molecule has 1 fully saturated rings. The number of aliphatic imine (C=N–C) groups is 1. The van der Waals surface area contributed by atoms with Crippen LogP contribution in [0.2, 0.25) is 0 Å². The van der Waals surface area contributed by atoms with Crippen molar-refractivity contribution in [1.82, 2.24) is 5.32 Å². The van der Waals surface area contributed by atoms with Crippen LogP contribution in [-0.2, 0) is 9.53 Å². The van der Waals surface area contributed by atoms with Crippen molar-refractivity contribution in [2.45, 2.75) is 19.8 Å². The topological polar surface area (TPSA) is 80.9 Å². The number of esters is 1. The van der Waals surface area contributed by atoms with Crippen LogP contribution in [0.4, 0.5) is 5.69 Å². The molecule has 0 radical (unpaired) electrons. The van der Waals surface area contributed by atoms with Crippen LogP contribution in [0.15, 0.2) is 57.0 Å². The number of hydrogen-bond donors (Lipinski definition) is 1. The Labute approximate surface area is 155 Å². The predicted molar refractivity (Wildman–Crippen MR) is 101 cm³/mol. The van der Waals surface area contributed by atoms with E-state index in [4.69, 9.17) is 9.15 Å². The minimum atomic E-state index is -0.343. The van der Waals surface area contributed by atoms with Crippen LogP contribution >= 0.6 is 11.8 Å². The molecule has 134 valence electrons. The maximum Gasteiger partial charge on any atom is 0.338 e. The maximum absolute atomic E-state index is 12.0. The third kappa shape index (κ3) is 4.64. The molecule has 0 saturated carbocycles. The lowest BCUT2D eigenvalue weighted by atomic mass is 10.2. The third-order valence-corrected chi connectivity index (χ3v) is 4.44.